The molecular formula is C27H26O4. The van der Waals surface area contributed by atoms with E-state index in [1.807, 2.05) is 30.3 Å². The van der Waals surface area contributed by atoms with E-state index in [1.165, 1.54) is 5.56 Å². The van der Waals surface area contributed by atoms with Crippen molar-refractivity contribution in [1.82, 2.24) is 0 Å². The molecule has 0 saturated heterocycles. The van der Waals surface area contributed by atoms with Gasteiger partial charge in [-0.25, -0.2) is 4.79 Å². The normalized spacial score (nSPS) is 22.6. The number of fused-ring (bicyclic) bond motifs is 1. The summed E-state index contributed by atoms with van der Waals surface area (Å²) in [5.41, 5.74) is 2.73. The van der Waals surface area contributed by atoms with Gasteiger partial charge in [-0.3, -0.25) is 0 Å². The zero-order valence-electron chi connectivity index (χ0n) is 17.8. The first-order valence-electron chi connectivity index (χ1n) is 10.8. The van der Waals surface area contributed by atoms with Crippen molar-refractivity contribution in [3.8, 4) is 0 Å². The summed E-state index contributed by atoms with van der Waals surface area (Å²) in [6.45, 7) is 3.55. The fourth-order valence-electron chi connectivity index (χ4n) is 4.54. The SMILES string of the molecule is CC1(C)OC(=O)C2=C(C[C@H](CCc3ccccc3)O[C@@H]2c2cccc3ccccc23)O1. The molecule has 5 rings (SSSR count). The van der Waals surface area contributed by atoms with Gasteiger partial charge in [0.25, 0.3) is 0 Å². The van der Waals surface area contributed by atoms with Crippen LogP contribution in [0.25, 0.3) is 10.8 Å². The number of hydrogen-bond acceptors (Lipinski definition) is 4. The predicted molar refractivity (Wildman–Crippen MR) is 119 cm³/mol. The lowest BCUT2D eigenvalue weighted by molar-refractivity contribution is -0.217. The quantitative estimate of drug-likeness (QED) is 0.501. The third-order valence-corrected chi connectivity index (χ3v) is 5.94. The molecule has 2 aliphatic heterocycles. The van der Waals surface area contributed by atoms with E-state index in [4.69, 9.17) is 14.2 Å². The van der Waals surface area contributed by atoms with Crippen molar-refractivity contribution < 1.29 is 19.0 Å². The average molecular weight is 415 g/mol. The van der Waals surface area contributed by atoms with Gasteiger partial charge in [-0.1, -0.05) is 72.8 Å². The molecule has 4 heteroatoms. The van der Waals surface area contributed by atoms with E-state index in [2.05, 4.69) is 42.5 Å². The summed E-state index contributed by atoms with van der Waals surface area (Å²) < 4.78 is 18.3. The monoisotopic (exact) mass is 414 g/mol. The molecule has 158 valence electrons. The number of hydrogen-bond donors (Lipinski definition) is 0. The number of carbonyl (C=O) groups is 1. The summed E-state index contributed by atoms with van der Waals surface area (Å²) in [4.78, 5) is 13.0. The van der Waals surface area contributed by atoms with Crippen LogP contribution in [0.2, 0.25) is 0 Å². The largest absolute Gasteiger partial charge is 0.456 e. The number of esters is 1. The van der Waals surface area contributed by atoms with E-state index < -0.39 is 11.9 Å². The van der Waals surface area contributed by atoms with Crippen molar-refractivity contribution in [2.75, 3.05) is 0 Å². The Labute approximate surface area is 182 Å². The van der Waals surface area contributed by atoms with Crippen LogP contribution < -0.4 is 0 Å². The minimum Gasteiger partial charge on any atom is -0.456 e. The molecule has 2 heterocycles. The van der Waals surface area contributed by atoms with Gasteiger partial charge in [-0.15, -0.1) is 0 Å². The summed E-state index contributed by atoms with van der Waals surface area (Å²) >= 11 is 0. The Morgan fingerprint density at radius 2 is 1.65 bits per heavy atom. The van der Waals surface area contributed by atoms with Crippen molar-refractivity contribution in [3.05, 3.63) is 95.3 Å². The highest BCUT2D eigenvalue weighted by atomic mass is 16.7. The van der Waals surface area contributed by atoms with Gasteiger partial charge in [-0.2, -0.15) is 0 Å². The van der Waals surface area contributed by atoms with E-state index in [0.29, 0.717) is 17.8 Å². The highest BCUT2D eigenvalue weighted by Crippen LogP contribution is 2.44. The highest BCUT2D eigenvalue weighted by Gasteiger charge is 2.44. The van der Waals surface area contributed by atoms with Crippen molar-refractivity contribution >= 4 is 16.7 Å². The van der Waals surface area contributed by atoms with Crippen molar-refractivity contribution in [2.45, 2.75) is 51.1 Å². The second-order valence-electron chi connectivity index (χ2n) is 8.66. The molecule has 0 amide bonds. The van der Waals surface area contributed by atoms with Gasteiger partial charge in [0.1, 0.15) is 17.4 Å². The van der Waals surface area contributed by atoms with Crippen LogP contribution in [-0.4, -0.2) is 17.9 Å². The van der Waals surface area contributed by atoms with E-state index in [0.717, 1.165) is 29.2 Å². The number of benzene rings is 3. The molecule has 0 bridgehead atoms. The van der Waals surface area contributed by atoms with Crippen LogP contribution in [0, 0.1) is 0 Å². The van der Waals surface area contributed by atoms with Crippen LogP contribution in [-0.2, 0) is 25.4 Å². The molecule has 0 spiro atoms. The van der Waals surface area contributed by atoms with Gasteiger partial charge >= 0.3 is 5.97 Å². The number of rotatable bonds is 4. The summed E-state index contributed by atoms with van der Waals surface area (Å²) in [6, 6.07) is 24.7. The van der Waals surface area contributed by atoms with Crippen molar-refractivity contribution in [3.63, 3.8) is 0 Å². The molecule has 0 radical (unpaired) electrons. The van der Waals surface area contributed by atoms with E-state index in [9.17, 15) is 4.79 Å². The van der Waals surface area contributed by atoms with Gasteiger partial charge in [0.15, 0.2) is 0 Å². The minimum absolute atomic E-state index is 0.0513. The zero-order valence-corrected chi connectivity index (χ0v) is 17.8. The average Bonchev–Trinajstić information content (AvgIpc) is 2.76. The van der Waals surface area contributed by atoms with Crippen molar-refractivity contribution in [1.29, 1.82) is 0 Å². The lowest BCUT2D eigenvalue weighted by Crippen LogP contribution is -2.42. The molecule has 0 aromatic heterocycles. The van der Waals surface area contributed by atoms with Gasteiger partial charge in [0.2, 0.25) is 5.79 Å². The number of carbonyl (C=O) groups excluding carboxylic acids is 1. The van der Waals surface area contributed by atoms with Crippen LogP contribution >= 0.6 is 0 Å². The number of ether oxygens (including phenoxy) is 3. The smallest absolute Gasteiger partial charge is 0.343 e. The number of aryl methyl sites for hydroxylation is 1. The fraction of sp³-hybridized carbons (Fsp3) is 0.296. The molecule has 4 nitrogen and oxygen atoms in total. The molecule has 31 heavy (non-hydrogen) atoms. The maximum Gasteiger partial charge on any atom is 0.343 e. The summed E-state index contributed by atoms with van der Waals surface area (Å²) in [5.74, 6) is -0.630. The topological polar surface area (TPSA) is 44.8 Å². The molecule has 3 aromatic rings. The molecule has 0 fully saturated rings. The molecule has 0 N–H and O–H groups in total. The van der Waals surface area contributed by atoms with Crippen LogP contribution in [0.15, 0.2) is 84.1 Å². The Kier molecular flexibility index (Phi) is 5.03. The van der Waals surface area contributed by atoms with Crippen LogP contribution in [0.1, 0.15) is 43.9 Å². The molecule has 0 saturated carbocycles. The minimum atomic E-state index is -0.972. The first-order valence-corrected chi connectivity index (χ1v) is 10.8. The molecule has 2 aliphatic rings. The fourth-order valence-corrected chi connectivity index (χ4v) is 4.54. The molecule has 0 unspecified atom stereocenters. The van der Waals surface area contributed by atoms with Crippen LogP contribution in [0.3, 0.4) is 0 Å². The summed E-state index contributed by atoms with van der Waals surface area (Å²) in [6.07, 6.45) is 1.76. The lowest BCUT2D eigenvalue weighted by atomic mass is 9.90. The predicted octanol–water partition coefficient (Wildman–Crippen LogP) is 5.87. The maximum atomic E-state index is 13.0. The molecule has 0 aliphatic carbocycles. The molecular weight excluding hydrogens is 388 g/mol. The number of cyclic esters (lactones) is 1. The zero-order chi connectivity index (χ0) is 21.4. The highest BCUT2D eigenvalue weighted by molar-refractivity contribution is 5.94. The standard InChI is InChI=1S/C27H26O4/c1-27(2)30-23-17-20(16-15-18-9-4-3-5-10-18)29-25(24(23)26(28)31-27)22-14-8-12-19-11-6-7-13-21(19)22/h3-14,20,25H,15-17H2,1-2H3/t20-,25+/m0/s1. The van der Waals surface area contributed by atoms with Gasteiger partial charge in [0, 0.05) is 20.3 Å². The Bertz CT molecular complexity index is 1140. The summed E-state index contributed by atoms with van der Waals surface area (Å²) in [7, 11) is 0. The van der Waals surface area contributed by atoms with Crippen molar-refractivity contribution in [2.24, 2.45) is 0 Å². The Morgan fingerprint density at radius 1 is 0.903 bits per heavy atom. The third kappa shape index (κ3) is 3.96. The van der Waals surface area contributed by atoms with Gasteiger partial charge in [-0.05, 0) is 34.7 Å². The Balaban J connectivity index is 1.53. The second kappa shape index (κ2) is 7.86. The molecule has 2 atom stereocenters. The molecule has 3 aromatic carbocycles. The van der Waals surface area contributed by atoms with E-state index in [-0.39, 0.29) is 12.1 Å². The van der Waals surface area contributed by atoms with Gasteiger partial charge in [0.05, 0.1) is 6.10 Å². The third-order valence-electron chi connectivity index (χ3n) is 5.94. The maximum absolute atomic E-state index is 13.0. The van der Waals surface area contributed by atoms with Crippen LogP contribution in [0.5, 0.6) is 0 Å². The first kappa shape index (κ1) is 19.8. The first-order chi connectivity index (χ1) is 15.0. The van der Waals surface area contributed by atoms with Gasteiger partial charge < -0.3 is 14.2 Å². The van der Waals surface area contributed by atoms with E-state index >= 15 is 0 Å². The Hall–Kier alpha value is -3.11. The second-order valence-corrected chi connectivity index (χ2v) is 8.66. The summed E-state index contributed by atoms with van der Waals surface area (Å²) in [5, 5.41) is 2.19. The van der Waals surface area contributed by atoms with Crippen LogP contribution in [0.4, 0.5) is 0 Å². The van der Waals surface area contributed by atoms with E-state index in [1.54, 1.807) is 13.8 Å². The lowest BCUT2D eigenvalue weighted by Gasteiger charge is -2.41. The Morgan fingerprint density at radius 3 is 2.48 bits per heavy atom.